The molecule has 1 atom stereocenters. The Morgan fingerprint density at radius 1 is 1.18 bits per heavy atom. The van der Waals surface area contributed by atoms with Gasteiger partial charge in [-0.25, -0.2) is 4.98 Å². The van der Waals surface area contributed by atoms with Crippen molar-refractivity contribution in [1.29, 1.82) is 0 Å². The lowest BCUT2D eigenvalue weighted by molar-refractivity contribution is 0.0740. The summed E-state index contributed by atoms with van der Waals surface area (Å²) in [6.45, 7) is 3.73. The minimum Gasteiger partial charge on any atom is -0.490 e. The van der Waals surface area contributed by atoms with Gasteiger partial charge in [-0.05, 0) is 55.2 Å². The van der Waals surface area contributed by atoms with Gasteiger partial charge in [0.05, 0.1) is 35.8 Å². The van der Waals surface area contributed by atoms with Gasteiger partial charge in [0.25, 0.3) is 11.5 Å². The number of aromatic nitrogens is 2. The van der Waals surface area contributed by atoms with Crippen molar-refractivity contribution in [2.75, 3.05) is 19.8 Å². The number of benzene rings is 1. The van der Waals surface area contributed by atoms with Crippen LogP contribution in [-0.2, 0) is 0 Å². The van der Waals surface area contributed by atoms with E-state index in [-0.39, 0.29) is 17.5 Å². The predicted octanol–water partition coefficient (Wildman–Crippen LogP) is 4.69. The summed E-state index contributed by atoms with van der Waals surface area (Å²) in [4.78, 5) is 36.9. The zero-order valence-corrected chi connectivity index (χ0v) is 19.4. The van der Waals surface area contributed by atoms with Crippen LogP contribution in [0.1, 0.15) is 46.1 Å². The maximum absolute atomic E-state index is 13.7. The van der Waals surface area contributed by atoms with Crippen LogP contribution in [0.3, 0.4) is 0 Å². The molecule has 0 spiro atoms. The Morgan fingerprint density at radius 2 is 2.03 bits per heavy atom. The number of rotatable bonds is 3. The van der Waals surface area contributed by atoms with Crippen LogP contribution in [0.2, 0.25) is 0 Å². The third-order valence-corrected chi connectivity index (χ3v) is 7.59. The number of hydrogen-bond donors (Lipinski definition) is 1. The van der Waals surface area contributed by atoms with Crippen molar-refractivity contribution in [3.8, 4) is 23.1 Å². The molecule has 0 radical (unpaired) electrons. The molecule has 0 saturated carbocycles. The van der Waals surface area contributed by atoms with E-state index in [1.54, 1.807) is 12.1 Å². The van der Waals surface area contributed by atoms with Gasteiger partial charge in [-0.2, -0.15) is 0 Å². The van der Waals surface area contributed by atoms with Crippen molar-refractivity contribution in [2.24, 2.45) is 0 Å². The first kappa shape index (κ1) is 21.0. The second kappa shape index (κ2) is 8.32. The zero-order valence-electron chi connectivity index (χ0n) is 18.6. The molecule has 34 heavy (non-hydrogen) atoms. The van der Waals surface area contributed by atoms with Crippen LogP contribution < -0.4 is 15.0 Å². The molecule has 1 fully saturated rings. The summed E-state index contributed by atoms with van der Waals surface area (Å²) in [6.07, 6.45) is 4.16. The number of aromatic amines is 1. The van der Waals surface area contributed by atoms with E-state index in [9.17, 15) is 9.59 Å². The van der Waals surface area contributed by atoms with Gasteiger partial charge >= 0.3 is 0 Å². The number of ether oxygens (including phenoxy) is 2. The molecule has 1 aromatic carbocycles. The van der Waals surface area contributed by atoms with Gasteiger partial charge in [0, 0.05) is 13.0 Å². The lowest BCUT2D eigenvalue weighted by Gasteiger charge is -2.25. The molecule has 6 rings (SSSR count). The number of nitrogens with one attached hydrogen (secondary N) is 1. The summed E-state index contributed by atoms with van der Waals surface area (Å²) in [5.74, 6) is 2.23. The van der Waals surface area contributed by atoms with Crippen molar-refractivity contribution < 1.29 is 18.7 Å². The second-order valence-electron chi connectivity index (χ2n) is 8.54. The molecule has 2 aliphatic heterocycles. The van der Waals surface area contributed by atoms with Crippen LogP contribution in [0.4, 0.5) is 0 Å². The number of carbonyl (C=O) groups excluding carboxylic acids is 1. The number of thiophene rings is 1. The Labute approximate surface area is 199 Å². The molecule has 0 unspecified atom stereocenters. The van der Waals surface area contributed by atoms with Crippen LogP contribution in [0.15, 0.2) is 45.8 Å². The van der Waals surface area contributed by atoms with E-state index < -0.39 is 0 Å². The molecule has 0 aliphatic carbocycles. The number of carbonyl (C=O) groups is 1. The van der Waals surface area contributed by atoms with Crippen LogP contribution in [0.25, 0.3) is 21.8 Å². The topological polar surface area (TPSA) is 97.7 Å². The number of furan rings is 1. The van der Waals surface area contributed by atoms with E-state index in [4.69, 9.17) is 13.9 Å². The summed E-state index contributed by atoms with van der Waals surface area (Å²) >= 11 is 1.26. The minimum atomic E-state index is -0.273. The highest BCUT2D eigenvalue weighted by molar-refractivity contribution is 7.20. The third-order valence-electron chi connectivity index (χ3n) is 6.42. The summed E-state index contributed by atoms with van der Waals surface area (Å²) in [7, 11) is 0. The highest BCUT2D eigenvalue weighted by atomic mass is 32.1. The first-order valence-corrected chi connectivity index (χ1v) is 12.2. The SMILES string of the molecule is Cc1c(C(=O)N2CCC[C@@H]2c2ccc3c(c2)OCCCO3)sc2nc(-c3ccco3)[nH]c(=O)c12. The van der Waals surface area contributed by atoms with E-state index in [2.05, 4.69) is 9.97 Å². The van der Waals surface area contributed by atoms with Crippen LogP contribution in [0.5, 0.6) is 11.5 Å². The number of aryl methyl sites for hydroxylation is 1. The van der Waals surface area contributed by atoms with Gasteiger partial charge in [0.1, 0.15) is 4.83 Å². The smallest absolute Gasteiger partial charge is 0.264 e. The highest BCUT2D eigenvalue weighted by Gasteiger charge is 2.33. The minimum absolute atomic E-state index is 0.0563. The Hall–Kier alpha value is -3.59. The van der Waals surface area contributed by atoms with E-state index in [1.165, 1.54) is 17.6 Å². The summed E-state index contributed by atoms with van der Waals surface area (Å²) < 4.78 is 17.0. The van der Waals surface area contributed by atoms with E-state index in [0.717, 1.165) is 36.3 Å². The lowest BCUT2D eigenvalue weighted by atomic mass is 10.0. The van der Waals surface area contributed by atoms with Crippen molar-refractivity contribution in [2.45, 2.75) is 32.2 Å². The van der Waals surface area contributed by atoms with E-state index >= 15 is 0 Å². The normalized spacial score (nSPS) is 17.8. The lowest BCUT2D eigenvalue weighted by Crippen LogP contribution is -2.30. The van der Waals surface area contributed by atoms with Crippen molar-refractivity contribution >= 4 is 27.5 Å². The molecule has 2 aliphatic rings. The third kappa shape index (κ3) is 3.47. The summed E-state index contributed by atoms with van der Waals surface area (Å²) in [5, 5.41) is 0.454. The number of likely N-dealkylation sites (tertiary alicyclic amines) is 1. The van der Waals surface area contributed by atoms with Gasteiger partial charge < -0.3 is 23.8 Å². The van der Waals surface area contributed by atoms with Crippen molar-refractivity contribution in [1.82, 2.24) is 14.9 Å². The first-order valence-electron chi connectivity index (χ1n) is 11.4. The fourth-order valence-electron chi connectivity index (χ4n) is 4.75. The molecule has 0 bridgehead atoms. The zero-order chi connectivity index (χ0) is 23.2. The Kier molecular flexibility index (Phi) is 5.13. The molecule has 5 heterocycles. The van der Waals surface area contributed by atoms with Crippen LogP contribution in [-0.4, -0.2) is 40.5 Å². The van der Waals surface area contributed by atoms with E-state index in [0.29, 0.717) is 52.0 Å². The fraction of sp³-hybridized carbons (Fsp3) is 0.320. The number of fused-ring (bicyclic) bond motifs is 2. The fourth-order valence-corrected chi connectivity index (χ4v) is 5.89. The number of amides is 1. The molecule has 9 heteroatoms. The molecular weight excluding hydrogens is 454 g/mol. The Morgan fingerprint density at radius 3 is 2.85 bits per heavy atom. The molecular formula is C25H23N3O5S. The molecule has 3 aromatic heterocycles. The molecule has 1 amide bonds. The van der Waals surface area contributed by atoms with Crippen LogP contribution >= 0.6 is 11.3 Å². The number of hydrogen-bond acceptors (Lipinski definition) is 7. The molecule has 1 saturated heterocycles. The number of H-pyrrole nitrogens is 1. The Balaban J connectivity index is 1.35. The Bertz CT molecular complexity index is 1440. The van der Waals surface area contributed by atoms with Gasteiger partial charge in [-0.1, -0.05) is 6.07 Å². The first-order chi connectivity index (χ1) is 16.6. The van der Waals surface area contributed by atoms with Crippen LogP contribution in [0, 0.1) is 6.92 Å². The highest BCUT2D eigenvalue weighted by Crippen LogP contribution is 2.40. The average Bonchev–Trinajstić information content (AvgIpc) is 3.56. The standard InChI is InChI=1S/C25H23N3O5S/c1-14-20-23(29)26-22(18-6-3-10-32-18)27-24(20)34-21(14)25(30)28-9-2-5-16(28)15-7-8-17-19(13-15)33-12-4-11-31-17/h3,6-8,10,13,16H,2,4-5,9,11-12H2,1H3,(H,26,27,29)/t16-/m1/s1. The van der Waals surface area contributed by atoms with Gasteiger partial charge in [-0.15, -0.1) is 11.3 Å². The predicted molar refractivity (Wildman–Crippen MR) is 128 cm³/mol. The van der Waals surface area contributed by atoms with E-state index in [1.807, 2.05) is 30.0 Å². The summed E-state index contributed by atoms with van der Waals surface area (Å²) in [5.41, 5.74) is 1.42. The molecule has 4 aromatic rings. The quantitative estimate of drug-likeness (QED) is 0.460. The number of nitrogens with zero attached hydrogens (tertiary/aromatic N) is 2. The average molecular weight is 478 g/mol. The van der Waals surface area contributed by atoms with Crippen molar-refractivity contribution in [3.63, 3.8) is 0 Å². The largest absolute Gasteiger partial charge is 0.490 e. The maximum atomic E-state index is 13.7. The van der Waals surface area contributed by atoms with Gasteiger partial charge in [-0.3, -0.25) is 9.59 Å². The maximum Gasteiger partial charge on any atom is 0.264 e. The second-order valence-corrected chi connectivity index (χ2v) is 9.54. The van der Waals surface area contributed by atoms with Gasteiger partial charge in [0.15, 0.2) is 23.1 Å². The van der Waals surface area contributed by atoms with Gasteiger partial charge in [0.2, 0.25) is 0 Å². The molecule has 8 nitrogen and oxygen atoms in total. The summed E-state index contributed by atoms with van der Waals surface area (Å²) in [6, 6.07) is 9.36. The molecule has 174 valence electrons. The molecule has 1 N–H and O–H groups in total. The van der Waals surface area contributed by atoms with Crippen molar-refractivity contribution in [3.05, 3.63) is 63.0 Å². The monoisotopic (exact) mass is 477 g/mol.